The van der Waals surface area contributed by atoms with Gasteiger partial charge in [0.05, 0.1) is 12.2 Å². The van der Waals surface area contributed by atoms with E-state index in [1.165, 1.54) is 12.8 Å². The first-order valence-electron chi connectivity index (χ1n) is 9.65. The van der Waals surface area contributed by atoms with Gasteiger partial charge in [0.25, 0.3) is 0 Å². The second-order valence-corrected chi connectivity index (χ2v) is 8.03. The van der Waals surface area contributed by atoms with Crippen molar-refractivity contribution in [1.82, 2.24) is 20.6 Å². The second-order valence-electron chi connectivity index (χ2n) is 7.09. The molecule has 28 heavy (non-hydrogen) atoms. The minimum atomic E-state index is 0. The van der Waals surface area contributed by atoms with Gasteiger partial charge in [-0.25, -0.2) is 9.97 Å². The molecule has 0 radical (unpaired) electrons. The van der Waals surface area contributed by atoms with Gasteiger partial charge in [0.2, 0.25) is 5.88 Å². The van der Waals surface area contributed by atoms with Gasteiger partial charge in [-0.3, -0.25) is 4.99 Å². The topological polar surface area (TPSA) is 71.4 Å². The average molecular weight is 515 g/mol. The average Bonchev–Trinajstić information content (AvgIpc) is 3.35. The van der Waals surface area contributed by atoms with Gasteiger partial charge in [-0.15, -0.1) is 35.3 Å². The first-order valence-corrected chi connectivity index (χ1v) is 10.5. The van der Waals surface area contributed by atoms with Crippen molar-refractivity contribution in [3.8, 4) is 5.88 Å². The summed E-state index contributed by atoms with van der Waals surface area (Å²) in [5.74, 6) is 1.93. The van der Waals surface area contributed by atoms with Crippen molar-refractivity contribution in [3.63, 3.8) is 0 Å². The molecule has 2 aromatic heterocycles. The zero-order chi connectivity index (χ0) is 19.1. The summed E-state index contributed by atoms with van der Waals surface area (Å²) in [7, 11) is 1.77. The molecule has 1 aliphatic carbocycles. The molecule has 1 fully saturated rings. The normalized spacial score (nSPS) is 14.8. The van der Waals surface area contributed by atoms with Crippen LogP contribution in [-0.4, -0.2) is 29.1 Å². The van der Waals surface area contributed by atoms with E-state index in [-0.39, 0.29) is 24.0 Å². The molecule has 6 nitrogen and oxygen atoms in total. The lowest BCUT2D eigenvalue weighted by Gasteiger charge is -2.16. The summed E-state index contributed by atoms with van der Waals surface area (Å²) in [5, 5.41) is 9.86. The summed E-state index contributed by atoms with van der Waals surface area (Å²) < 4.78 is 6.11. The van der Waals surface area contributed by atoms with Gasteiger partial charge < -0.3 is 15.4 Å². The number of aromatic nitrogens is 2. The van der Waals surface area contributed by atoms with Gasteiger partial charge in [-0.05, 0) is 37.7 Å². The lowest BCUT2D eigenvalue weighted by Crippen LogP contribution is -2.36. The van der Waals surface area contributed by atoms with Crippen LogP contribution in [0.25, 0.3) is 0 Å². The van der Waals surface area contributed by atoms with Crippen molar-refractivity contribution in [2.24, 2.45) is 4.99 Å². The molecule has 1 aliphatic rings. The maximum Gasteiger partial charge on any atom is 0.218 e. The minimum Gasteiger partial charge on any atom is -0.474 e. The Balaban J connectivity index is 0.00000280. The number of hydrogen-bond acceptors (Lipinski definition) is 5. The largest absolute Gasteiger partial charge is 0.474 e. The third-order valence-corrected chi connectivity index (χ3v) is 5.54. The number of hydrogen-bond donors (Lipinski definition) is 2. The molecule has 8 heteroatoms. The van der Waals surface area contributed by atoms with Crippen molar-refractivity contribution in [3.05, 3.63) is 40.0 Å². The number of nitrogens with zero attached hydrogens (tertiary/aromatic N) is 3. The van der Waals surface area contributed by atoms with E-state index in [4.69, 9.17) is 4.74 Å². The molecule has 0 spiro atoms. The number of guanidine groups is 1. The van der Waals surface area contributed by atoms with Crippen molar-refractivity contribution >= 4 is 41.3 Å². The Bertz CT molecular complexity index is 759. The summed E-state index contributed by atoms with van der Waals surface area (Å²) in [6.07, 6.45) is 6.83. The van der Waals surface area contributed by atoms with Crippen molar-refractivity contribution in [2.45, 2.75) is 64.6 Å². The third kappa shape index (κ3) is 6.58. The highest BCUT2D eigenvalue weighted by Gasteiger charge is 2.18. The summed E-state index contributed by atoms with van der Waals surface area (Å²) in [6, 6.07) is 3.99. The van der Waals surface area contributed by atoms with E-state index >= 15 is 0 Å². The highest BCUT2D eigenvalue weighted by Crippen LogP contribution is 2.25. The number of nitrogens with one attached hydrogen (secondary N) is 2. The molecule has 0 bridgehead atoms. The van der Waals surface area contributed by atoms with Crippen LogP contribution in [0.1, 0.15) is 61.7 Å². The van der Waals surface area contributed by atoms with E-state index in [9.17, 15) is 0 Å². The van der Waals surface area contributed by atoms with Gasteiger partial charge in [-0.1, -0.05) is 19.9 Å². The van der Waals surface area contributed by atoms with E-state index in [2.05, 4.69) is 44.8 Å². The number of pyridine rings is 1. The molecule has 0 aliphatic heterocycles. The summed E-state index contributed by atoms with van der Waals surface area (Å²) in [6.45, 7) is 5.60. The molecule has 2 heterocycles. The van der Waals surface area contributed by atoms with E-state index < -0.39 is 0 Å². The molecule has 0 aromatic carbocycles. The standard InChI is InChI=1S/C20H29N5OS.HI/c1-14(2)17-13-27-18(25-17)12-24-20(21-3)23-11-15-7-6-10-22-19(15)26-16-8-4-5-9-16;/h6-7,10,13-14,16H,4-5,8-9,11-12H2,1-3H3,(H2,21,23,24);1H. The Hall–Kier alpha value is -1.42. The second kappa shape index (κ2) is 11.5. The van der Waals surface area contributed by atoms with Crippen LogP contribution in [0.2, 0.25) is 0 Å². The molecule has 2 N–H and O–H groups in total. The quantitative estimate of drug-likeness (QED) is 0.324. The molecule has 0 unspecified atom stereocenters. The van der Waals surface area contributed by atoms with Gasteiger partial charge in [0, 0.05) is 30.7 Å². The Morgan fingerprint density at radius 2 is 2.04 bits per heavy atom. The Morgan fingerprint density at radius 3 is 2.71 bits per heavy atom. The lowest BCUT2D eigenvalue weighted by molar-refractivity contribution is 0.199. The number of halogens is 1. The van der Waals surface area contributed by atoms with E-state index in [0.717, 1.165) is 40.9 Å². The maximum atomic E-state index is 6.11. The molecular formula is C20H30IN5OS. The van der Waals surface area contributed by atoms with Crippen LogP contribution in [0.3, 0.4) is 0 Å². The zero-order valence-electron chi connectivity index (χ0n) is 16.8. The molecule has 0 saturated heterocycles. The van der Waals surface area contributed by atoms with Gasteiger partial charge >= 0.3 is 0 Å². The number of thiazole rings is 1. The molecule has 3 rings (SSSR count). The predicted octanol–water partition coefficient (Wildman–Crippen LogP) is 4.47. The van der Waals surface area contributed by atoms with E-state index in [1.54, 1.807) is 24.6 Å². The smallest absolute Gasteiger partial charge is 0.218 e. The van der Waals surface area contributed by atoms with Crippen LogP contribution in [0.15, 0.2) is 28.7 Å². The fraction of sp³-hybridized carbons (Fsp3) is 0.550. The van der Waals surface area contributed by atoms with Crippen LogP contribution in [0.5, 0.6) is 5.88 Å². The van der Waals surface area contributed by atoms with Crippen LogP contribution >= 0.6 is 35.3 Å². The maximum absolute atomic E-state index is 6.11. The van der Waals surface area contributed by atoms with Crippen LogP contribution in [0, 0.1) is 0 Å². The summed E-state index contributed by atoms with van der Waals surface area (Å²) in [4.78, 5) is 13.4. The molecular weight excluding hydrogens is 485 g/mol. The van der Waals surface area contributed by atoms with Crippen molar-refractivity contribution in [2.75, 3.05) is 7.05 Å². The molecule has 1 saturated carbocycles. The number of aliphatic imine (C=N–C) groups is 1. The highest BCUT2D eigenvalue weighted by molar-refractivity contribution is 14.0. The van der Waals surface area contributed by atoms with Gasteiger partial charge in [-0.2, -0.15) is 0 Å². The predicted molar refractivity (Wildman–Crippen MR) is 126 cm³/mol. The molecule has 154 valence electrons. The fourth-order valence-corrected chi connectivity index (χ4v) is 3.95. The molecule has 2 aromatic rings. The van der Waals surface area contributed by atoms with E-state index in [0.29, 0.717) is 25.1 Å². The third-order valence-electron chi connectivity index (χ3n) is 4.67. The lowest BCUT2D eigenvalue weighted by atomic mass is 10.2. The van der Waals surface area contributed by atoms with Gasteiger partial charge in [0.1, 0.15) is 11.1 Å². The summed E-state index contributed by atoms with van der Waals surface area (Å²) >= 11 is 1.68. The van der Waals surface area contributed by atoms with Crippen LogP contribution in [0.4, 0.5) is 0 Å². The first kappa shape index (κ1) is 22.9. The van der Waals surface area contributed by atoms with Crippen molar-refractivity contribution in [1.29, 1.82) is 0 Å². The summed E-state index contributed by atoms with van der Waals surface area (Å²) in [5.41, 5.74) is 2.19. The number of ether oxygens (including phenoxy) is 1. The monoisotopic (exact) mass is 515 g/mol. The van der Waals surface area contributed by atoms with E-state index in [1.807, 2.05) is 12.1 Å². The first-order chi connectivity index (χ1) is 13.2. The van der Waals surface area contributed by atoms with Gasteiger partial charge in [0.15, 0.2) is 5.96 Å². The Morgan fingerprint density at radius 1 is 1.29 bits per heavy atom. The Kier molecular flexibility index (Phi) is 9.43. The van der Waals surface area contributed by atoms with Crippen LogP contribution in [-0.2, 0) is 13.1 Å². The molecule has 0 atom stereocenters. The number of rotatable bonds is 7. The highest BCUT2D eigenvalue weighted by atomic mass is 127. The Labute approximate surface area is 188 Å². The zero-order valence-corrected chi connectivity index (χ0v) is 19.9. The SMILES string of the molecule is CN=C(NCc1nc(C(C)C)cs1)NCc1cccnc1OC1CCCC1.I. The molecule has 0 amide bonds. The van der Waals surface area contributed by atoms with Crippen LogP contribution < -0.4 is 15.4 Å². The fourth-order valence-electron chi connectivity index (χ4n) is 3.06. The minimum absolute atomic E-state index is 0. The van der Waals surface area contributed by atoms with Crippen molar-refractivity contribution < 1.29 is 4.74 Å².